The Hall–Kier alpha value is -0.170. The molecule has 96 valence electrons. The van der Waals surface area contributed by atoms with Crippen molar-refractivity contribution >= 4 is 10.0 Å². The molecular weight excluding hydrogens is 228 g/mol. The van der Waals surface area contributed by atoms with E-state index < -0.39 is 15.6 Å². The lowest BCUT2D eigenvalue weighted by Crippen LogP contribution is -2.55. The van der Waals surface area contributed by atoms with E-state index in [0.717, 1.165) is 25.7 Å². The van der Waals surface area contributed by atoms with E-state index in [1.54, 1.807) is 0 Å². The molecule has 0 heterocycles. The molecule has 0 saturated heterocycles. The van der Waals surface area contributed by atoms with Gasteiger partial charge in [0, 0.05) is 19.2 Å². The van der Waals surface area contributed by atoms with Gasteiger partial charge in [-0.2, -0.15) is 0 Å². The number of nitrogens with one attached hydrogen (secondary N) is 1. The Morgan fingerprint density at radius 1 is 1.31 bits per heavy atom. The first-order chi connectivity index (χ1) is 7.54. The Kier molecular flexibility index (Phi) is 5.17. The van der Waals surface area contributed by atoms with Crippen LogP contribution in [-0.2, 0) is 14.8 Å². The Labute approximate surface area is 97.8 Å². The second-order valence-electron chi connectivity index (χ2n) is 4.46. The third kappa shape index (κ3) is 4.01. The number of rotatable bonds is 6. The highest BCUT2D eigenvalue weighted by Gasteiger charge is 2.34. The second-order valence-corrected chi connectivity index (χ2v) is 6.30. The molecular formula is C10H22N2O3S. The molecule has 0 atom stereocenters. The van der Waals surface area contributed by atoms with Crippen LogP contribution in [0.1, 0.15) is 32.1 Å². The lowest BCUT2D eigenvalue weighted by Gasteiger charge is -2.36. The van der Waals surface area contributed by atoms with Crippen molar-refractivity contribution in [2.24, 2.45) is 5.73 Å². The maximum Gasteiger partial charge on any atom is 0.214 e. The molecule has 1 aliphatic carbocycles. The molecule has 1 aliphatic rings. The van der Waals surface area contributed by atoms with Gasteiger partial charge < -0.3 is 10.5 Å². The van der Waals surface area contributed by atoms with Crippen molar-refractivity contribution in [1.29, 1.82) is 0 Å². The molecule has 1 fully saturated rings. The Balaban J connectivity index is 2.61. The Morgan fingerprint density at radius 2 is 1.94 bits per heavy atom. The normalized spacial score (nSPS) is 20.9. The van der Waals surface area contributed by atoms with Gasteiger partial charge in [-0.15, -0.1) is 0 Å². The fraction of sp³-hybridized carbons (Fsp3) is 1.00. The lowest BCUT2D eigenvalue weighted by atomic mass is 9.83. The highest BCUT2D eigenvalue weighted by molar-refractivity contribution is 7.89. The smallest absolute Gasteiger partial charge is 0.214 e. The van der Waals surface area contributed by atoms with E-state index in [2.05, 4.69) is 4.72 Å². The summed E-state index contributed by atoms with van der Waals surface area (Å²) in [4.78, 5) is 0. The summed E-state index contributed by atoms with van der Waals surface area (Å²) in [5.41, 5.74) is 5.30. The van der Waals surface area contributed by atoms with Gasteiger partial charge in [-0.3, -0.25) is 0 Å². The molecule has 0 aromatic rings. The van der Waals surface area contributed by atoms with Crippen LogP contribution in [0, 0.1) is 0 Å². The second kappa shape index (κ2) is 5.95. The van der Waals surface area contributed by atoms with E-state index in [-0.39, 0.29) is 12.4 Å². The number of sulfonamides is 1. The van der Waals surface area contributed by atoms with Crippen LogP contribution in [0.2, 0.25) is 0 Å². The van der Waals surface area contributed by atoms with Crippen LogP contribution in [0.5, 0.6) is 0 Å². The quantitative estimate of drug-likeness (QED) is 0.706. The van der Waals surface area contributed by atoms with Crippen LogP contribution in [0.4, 0.5) is 0 Å². The number of methoxy groups -OCH3 is 1. The summed E-state index contributed by atoms with van der Waals surface area (Å²) in [6.45, 7) is 0.592. The van der Waals surface area contributed by atoms with E-state index in [1.807, 2.05) is 0 Å². The summed E-state index contributed by atoms with van der Waals surface area (Å²) >= 11 is 0. The van der Waals surface area contributed by atoms with Crippen molar-refractivity contribution < 1.29 is 13.2 Å². The molecule has 0 aromatic heterocycles. The van der Waals surface area contributed by atoms with E-state index in [1.165, 1.54) is 13.5 Å². The molecule has 1 rings (SSSR count). The van der Waals surface area contributed by atoms with Crippen molar-refractivity contribution in [3.05, 3.63) is 0 Å². The summed E-state index contributed by atoms with van der Waals surface area (Å²) in [6.07, 6.45) is 4.95. The van der Waals surface area contributed by atoms with E-state index in [0.29, 0.717) is 6.54 Å². The largest absolute Gasteiger partial charge is 0.384 e. The molecule has 1 saturated carbocycles. The van der Waals surface area contributed by atoms with E-state index >= 15 is 0 Å². The minimum atomic E-state index is -3.27. The van der Waals surface area contributed by atoms with Crippen LogP contribution < -0.4 is 10.5 Å². The van der Waals surface area contributed by atoms with E-state index in [9.17, 15) is 8.42 Å². The maximum absolute atomic E-state index is 11.8. The van der Waals surface area contributed by atoms with Crippen LogP contribution >= 0.6 is 0 Å². The van der Waals surface area contributed by atoms with Gasteiger partial charge in [-0.25, -0.2) is 13.1 Å². The number of hydrogen-bond acceptors (Lipinski definition) is 4. The predicted molar refractivity (Wildman–Crippen MR) is 63.7 cm³/mol. The fourth-order valence-electron chi connectivity index (χ4n) is 2.15. The SMILES string of the molecule is COCCS(=O)(=O)NC1(CN)CCCCC1. The van der Waals surface area contributed by atoms with Crippen molar-refractivity contribution in [3.63, 3.8) is 0 Å². The van der Waals surface area contributed by atoms with Crippen LogP contribution in [0.25, 0.3) is 0 Å². The molecule has 0 radical (unpaired) electrons. The van der Waals surface area contributed by atoms with Gasteiger partial charge in [0.2, 0.25) is 10.0 Å². The third-order valence-corrected chi connectivity index (χ3v) is 4.58. The number of nitrogens with two attached hydrogens (primary N) is 1. The molecule has 0 unspecified atom stereocenters. The van der Waals surface area contributed by atoms with Crippen LogP contribution in [0.3, 0.4) is 0 Å². The molecule has 0 spiro atoms. The van der Waals surface area contributed by atoms with Gasteiger partial charge in [0.05, 0.1) is 12.4 Å². The first kappa shape index (κ1) is 13.9. The predicted octanol–water partition coefficient (Wildman–Crippen LogP) is 0.214. The van der Waals surface area contributed by atoms with Crippen molar-refractivity contribution in [2.45, 2.75) is 37.6 Å². The molecule has 3 N–H and O–H groups in total. The maximum atomic E-state index is 11.8. The third-order valence-electron chi connectivity index (χ3n) is 3.13. The van der Waals surface area contributed by atoms with E-state index in [4.69, 9.17) is 10.5 Å². The fourth-order valence-corrected chi connectivity index (χ4v) is 3.59. The van der Waals surface area contributed by atoms with Gasteiger partial charge in [0.15, 0.2) is 0 Å². The average Bonchev–Trinajstić information content (AvgIpc) is 2.27. The average molecular weight is 250 g/mol. The zero-order valence-corrected chi connectivity index (χ0v) is 10.7. The zero-order chi connectivity index (χ0) is 12.1. The summed E-state index contributed by atoms with van der Waals surface area (Å²) in [5, 5.41) is 0. The van der Waals surface area contributed by atoms with Gasteiger partial charge >= 0.3 is 0 Å². The van der Waals surface area contributed by atoms with Gasteiger partial charge in [0.25, 0.3) is 0 Å². The first-order valence-electron chi connectivity index (χ1n) is 5.74. The minimum Gasteiger partial charge on any atom is -0.384 e. The van der Waals surface area contributed by atoms with Crippen molar-refractivity contribution in [1.82, 2.24) is 4.72 Å². The van der Waals surface area contributed by atoms with Crippen molar-refractivity contribution in [3.8, 4) is 0 Å². The first-order valence-corrected chi connectivity index (χ1v) is 7.39. The molecule has 0 aromatic carbocycles. The van der Waals surface area contributed by atoms with Crippen LogP contribution in [0.15, 0.2) is 0 Å². The lowest BCUT2D eigenvalue weighted by molar-refractivity contribution is 0.215. The minimum absolute atomic E-state index is 0.00521. The standard InChI is InChI=1S/C10H22N2O3S/c1-15-7-8-16(13,14)12-10(9-11)5-3-2-4-6-10/h12H,2-9,11H2,1H3. The highest BCUT2D eigenvalue weighted by atomic mass is 32.2. The van der Waals surface area contributed by atoms with Gasteiger partial charge in [-0.05, 0) is 12.8 Å². The zero-order valence-electron chi connectivity index (χ0n) is 9.87. The topological polar surface area (TPSA) is 81.4 Å². The Bertz CT molecular complexity index is 297. The summed E-state index contributed by atoms with van der Waals surface area (Å²) in [5.74, 6) is 0.00521. The number of hydrogen-bond donors (Lipinski definition) is 2. The van der Waals surface area contributed by atoms with Gasteiger partial charge in [-0.1, -0.05) is 19.3 Å². The van der Waals surface area contributed by atoms with Crippen molar-refractivity contribution in [2.75, 3.05) is 26.0 Å². The van der Waals surface area contributed by atoms with Gasteiger partial charge in [0.1, 0.15) is 0 Å². The Morgan fingerprint density at radius 3 is 2.44 bits per heavy atom. The van der Waals surface area contributed by atoms with Crippen LogP contribution in [-0.4, -0.2) is 40.0 Å². The summed E-state index contributed by atoms with van der Waals surface area (Å²) < 4.78 is 31.1. The molecule has 0 aliphatic heterocycles. The molecule has 16 heavy (non-hydrogen) atoms. The number of ether oxygens (including phenoxy) is 1. The molecule has 6 heteroatoms. The molecule has 5 nitrogen and oxygen atoms in total. The molecule has 0 bridgehead atoms. The summed E-state index contributed by atoms with van der Waals surface area (Å²) in [6, 6.07) is 0. The summed E-state index contributed by atoms with van der Waals surface area (Å²) in [7, 11) is -1.77. The highest BCUT2D eigenvalue weighted by Crippen LogP contribution is 2.27. The molecule has 0 amide bonds. The monoisotopic (exact) mass is 250 g/mol.